The smallest absolute Gasteiger partial charge is 0.258 e. The van der Waals surface area contributed by atoms with E-state index in [1.54, 1.807) is 48.7 Å². The largest absolute Gasteiger partial charge is 0.317 e. The Balaban J connectivity index is 0.000000196. The third-order valence-corrected chi connectivity index (χ3v) is 8.21. The molecule has 5 nitrogen and oxygen atoms in total. The third kappa shape index (κ3) is 14.5. The van der Waals surface area contributed by atoms with Crippen molar-refractivity contribution in [1.82, 2.24) is 15.6 Å². The number of alkyl halides is 2. The predicted molar refractivity (Wildman–Crippen MR) is 181 cm³/mol. The third-order valence-electron chi connectivity index (χ3n) is 6.52. The first-order valence-electron chi connectivity index (χ1n) is 14.4. The Morgan fingerprint density at radius 1 is 0.707 bits per heavy atom. The molecule has 1 fully saturated rings. The van der Waals surface area contributed by atoms with Gasteiger partial charge in [0.05, 0.1) is 21.7 Å². The molecule has 224 valence electrons. The van der Waals surface area contributed by atoms with E-state index in [9.17, 15) is 9.59 Å². The van der Waals surface area contributed by atoms with Gasteiger partial charge in [0.25, 0.3) is 11.8 Å². The number of carbonyl (C=O) groups is 2. The zero-order chi connectivity index (χ0) is 29.7. The Morgan fingerprint density at radius 2 is 1.24 bits per heavy atom. The van der Waals surface area contributed by atoms with Gasteiger partial charge in [0.1, 0.15) is 0 Å². The van der Waals surface area contributed by atoms with Gasteiger partial charge in [0.2, 0.25) is 0 Å². The second-order valence-electron chi connectivity index (χ2n) is 9.80. The van der Waals surface area contributed by atoms with E-state index in [-0.39, 0.29) is 11.8 Å². The highest BCUT2D eigenvalue weighted by molar-refractivity contribution is 9.09. The van der Waals surface area contributed by atoms with E-state index >= 15 is 0 Å². The van der Waals surface area contributed by atoms with Gasteiger partial charge < -0.3 is 5.32 Å². The van der Waals surface area contributed by atoms with Crippen LogP contribution in [-0.4, -0.2) is 40.5 Å². The van der Waals surface area contributed by atoms with Crippen LogP contribution in [0.5, 0.6) is 0 Å². The highest BCUT2D eigenvalue weighted by Gasteiger charge is 2.25. The van der Waals surface area contributed by atoms with Crippen molar-refractivity contribution in [3.05, 3.63) is 75.9 Å². The van der Waals surface area contributed by atoms with E-state index in [4.69, 9.17) is 23.2 Å². The molecule has 0 unspecified atom stereocenters. The Kier molecular flexibility index (Phi) is 19.2. The van der Waals surface area contributed by atoms with Crippen LogP contribution in [0.2, 0.25) is 10.0 Å². The molecular formula is C32H41Br2Cl2N3O2. The van der Waals surface area contributed by atoms with Gasteiger partial charge in [0, 0.05) is 27.3 Å². The number of aromatic nitrogens is 1. The van der Waals surface area contributed by atoms with E-state index in [1.807, 2.05) is 6.07 Å². The summed E-state index contributed by atoms with van der Waals surface area (Å²) in [4.78, 5) is 26.0. The van der Waals surface area contributed by atoms with Gasteiger partial charge in [-0.25, -0.2) is 0 Å². The lowest BCUT2D eigenvalue weighted by molar-refractivity contribution is 0.0879. The molecule has 0 aliphatic carbocycles. The Hall–Kier alpha value is -1.51. The van der Waals surface area contributed by atoms with Crippen LogP contribution in [0.25, 0.3) is 10.9 Å². The lowest BCUT2D eigenvalue weighted by Gasteiger charge is -2.08. The highest BCUT2D eigenvalue weighted by atomic mass is 79.9. The minimum absolute atomic E-state index is 0.300. The number of unbranched alkanes of at least 4 members (excludes halogenated alkanes) is 7. The van der Waals surface area contributed by atoms with Crippen LogP contribution >= 0.6 is 55.1 Å². The van der Waals surface area contributed by atoms with Gasteiger partial charge in [-0.15, -0.1) is 0 Å². The number of hydrogen-bond donors (Lipinski definition) is 2. The summed E-state index contributed by atoms with van der Waals surface area (Å²) in [5.74, 6) is -0.601. The fourth-order valence-electron chi connectivity index (χ4n) is 4.25. The quantitative estimate of drug-likeness (QED) is 0.131. The number of imide groups is 1. The molecule has 1 saturated heterocycles. The molecule has 2 aliphatic rings. The monoisotopic (exact) mass is 727 g/mol. The van der Waals surface area contributed by atoms with Crippen LogP contribution < -0.4 is 10.6 Å². The number of benzene rings is 2. The maximum atomic E-state index is 10.9. The van der Waals surface area contributed by atoms with Crippen molar-refractivity contribution in [2.45, 2.75) is 70.6 Å². The van der Waals surface area contributed by atoms with Gasteiger partial charge in [-0.3, -0.25) is 19.9 Å². The van der Waals surface area contributed by atoms with Crippen LogP contribution in [0.15, 0.2) is 54.7 Å². The number of halogens is 4. The van der Waals surface area contributed by atoms with Crippen molar-refractivity contribution in [2.24, 2.45) is 0 Å². The molecule has 1 aromatic heterocycles. The second-order valence-corrected chi connectivity index (χ2v) is 12.2. The predicted octanol–water partition coefficient (Wildman–Crippen LogP) is 9.77. The molecule has 0 radical (unpaired) electrons. The summed E-state index contributed by atoms with van der Waals surface area (Å²) >= 11 is 18.6. The Bertz CT molecular complexity index is 1140. The lowest BCUT2D eigenvalue weighted by atomic mass is 10.1. The molecule has 0 saturated carbocycles. The summed E-state index contributed by atoms with van der Waals surface area (Å²) in [6.07, 6.45) is 17.1. The molecular weight excluding hydrogens is 689 g/mol. The minimum Gasteiger partial charge on any atom is -0.317 e. The first kappa shape index (κ1) is 35.7. The number of amides is 2. The molecule has 41 heavy (non-hydrogen) atoms. The number of fused-ring (bicyclic) bond motifs is 2. The maximum absolute atomic E-state index is 10.9. The topological polar surface area (TPSA) is 71.1 Å². The zero-order valence-electron chi connectivity index (χ0n) is 23.6. The van der Waals surface area contributed by atoms with Crippen LogP contribution in [-0.2, 0) is 0 Å². The van der Waals surface area contributed by atoms with Gasteiger partial charge in [-0.2, -0.15) is 0 Å². The maximum Gasteiger partial charge on any atom is 0.258 e. The summed E-state index contributed by atoms with van der Waals surface area (Å²) in [5, 5.41) is 10.2. The standard InChI is InChI=1S/C10H20Br2.C9H5Cl2N.C8H5NO2.C5H11N/c11-9-7-5-3-1-2-4-6-8-10-12;10-6-1-2-7-8(11)3-4-12-9(7)5-6;10-7-5-3-1-2-4-6(5)8(11)9-7;1-2-4-6-5-3-1/h1-10H2;1-5H;1-4H,(H,9,10,11);6H,1-5H2. The fourth-order valence-corrected chi connectivity index (χ4v) is 5.43. The normalized spacial score (nSPS) is 13.6. The Morgan fingerprint density at radius 3 is 1.71 bits per heavy atom. The number of piperidine rings is 1. The number of pyridine rings is 1. The van der Waals surface area contributed by atoms with Crippen molar-refractivity contribution >= 4 is 77.8 Å². The average Bonchev–Trinajstić information content (AvgIpc) is 3.29. The van der Waals surface area contributed by atoms with Crippen molar-refractivity contribution in [3.63, 3.8) is 0 Å². The molecule has 3 heterocycles. The van der Waals surface area contributed by atoms with Gasteiger partial charge >= 0.3 is 0 Å². The molecule has 0 bridgehead atoms. The van der Waals surface area contributed by atoms with E-state index in [1.165, 1.54) is 94.4 Å². The minimum atomic E-state index is -0.300. The van der Waals surface area contributed by atoms with Gasteiger partial charge in [-0.05, 0) is 75.2 Å². The van der Waals surface area contributed by atoms with Crippen LogP contribution in [0, 0.1) is 0 Å². The summed E-state index contributed by atoms with van der Waals surface area (Å²) in [6, 6.07) is 14.0. The number of nitrogens with one attached hydrogen (secondary N) is 2. The summed E-state index contributed by atoms with van der Waals surface area (Å²) in [7, 11) is 0. The van der Waals surface area contributed by atoms with Gasteiger partial charge in [-0.1, -0.05) is 112 Å². The fraction of sp³-hybridized carbons (Fsp3) is 0.469. The number of hydrogen-bond acceptors (Lipinski definition) is 4. The van der Waals surface area contributed by atoms with E-state index < -0.39 is 0 Å². The second kappa shape index (κ2) is 22.1. The first-order valence-corrected chi connectivity index (χ1v) is 17.4. The Labute approximate surface area is 271 Å². The summed E-state index contributed by atoms with van der Waals surface area (Å²) in [6.45, 7) is 2.50. The SMILES string of the molecule is BrCCCCCCCCCCBr.C1CCNCC1.Clc1ccc2c(Cl)ccnc2c1.O=C1NC(=O)c2ccccc21. The molecule has 2 aliphatic heterocycles. The van der Waals surface area contributed by atoms with E-state index in [0.717, 1.165) is 10.9 Å². The average molecular weight is 730 g/mol. The number of carbonyl (C=O) groups excluding carboxylic acids is 2. The number of rotatable bonds is 9. The molecule has 0 spiro atoms. The molecule has 2 amide bonds. The summed E-state index contributed by atoms with van der Waals surface area (Å²) < 4.78 is 0. The first-order chi connectivity index (χ1) is 20.0. The van der Waals surface area contributed by atoms with E-state index in [2.05, 4.69) is 47.5 Å². The van der Waals surface area contributed by atoms with E-state index in [0.29, 0.717) is 21.2 Å². The van der Waals surface area contributed by atoms with Crippen molar-refractivity contribution in [2.75, 3.05) is 23.7 Å². The van der Waals surface area contributed by atoms with Crippen molar-refractivity contribution < 1.29 is 9.59 Å². The molecule has 2 N–H and O–H groups in total. The molecule has 5 rings (SSSR count). The lowest BCUT2D eigenvalue weighted by Crippen LogP contribution is -2.21. The van der Waals surface area contributed by atoms with Crippen LogP contribution in [0.1, 0.15) is 91.3 Å². The highest BCUT2D eigenvalue weighted by Crippen LogP contribution is 2.23. The molecule has 9 heteroatoms. The van der Waals surface area contributed by atoms with Crippen molar-refractivity contribution in [1.29, 1.82) is 0 Å². The van der Waals surface area contributed by atoms with Crippen LogP contribution in [0.3, 0.4) is 0 Å². The van der Waals surface area contributed by atoms with Crippen LogP contribution in [0.4, 0.5) is 0 Å². The number of nitrogens with zero attached hydrogens (tertiary/aromatic N) is 1. The zero-order valence-corrected chi connectivity index (χ0v) is 28.3. The molecule has 0 atom stereocenters. The molecule has 3 aromatic rings. The van der Waals surface area contributed by atoms with Crippen molar-refractivity contribution in [3.8, 4) is 0 Å². The molecule has 2 aromatic carbocycles. The van der Waals surface area contributed by atoms with Gasteiger partial charge in [0.15, 0.2) is 0 Å². The summed E-state index contributed by atoms with van der Waals surface area (Å²) in [5.41, 5.74) is 1.77.